The average molecular weight is 984 g/mol. The fourth-order valence-electron chi connectivity index (χ4n) is 8.17. The maximum Gasteiger partial charge on any atom is 0.312 e. The number of nitrogens with zero attached hydrogens (tertiary/aromatic N) is 2. The Balaban J connectivity index is 1.58. The van der Waals surface area contributed by atoms with Crippen molar-refractivity contribution in [3.8, 4) is 17.2 Å². The average Bonchev–Trinajstić information content (AvgIpc) is 3.50. The number of carbonyl (C=O) groups excluding carboxylic acids is 3. The number of nitrogens with one attached hydrogen (secondary N) is 1. The minimum absolute atomic E-state index is 0.0109. The lowest BCUT2D eigenvalue weighted by molar-refractivity contribution is -0.160. The zero-order chi connectivity index (χ0) is 46.2. The van der Waals surface area contributed by atoms with Crippen molar-refractivity contribution >= 4 is 79.2 Å². The maximum atomic E-state index is 14.7. The number of esters is 1. The largest absolute Gasteiger partial charge is 0.505 e. The minimum Gasteiger partial charge on any atom is -0.505 e. The Labute approximate surface area is 378 Å². The molecule has 4 aromatic rings. The summed E-state index contributed by atoms with van der Waals surface area (Å²) in [5.74, 6) is -6.81. The number of methoxy groups -OCH3 is 1. The Hall–Kier alpha value is -5.08. The molecule has 0 saturated heterocycles. The van der Waals surface area contributed by atoms with E-state index in [-0.39, 0.29) is 55.6 Å². The number of hydrogen-bond acceptors (Lipinski definition) is 15. The molecule has 0 unspecified atom stereocenters. The highest BCUT2D eigenvalue weighted by atomic mass is 127. The Kier molecular flexibility index (Phi) is 14.3. The van der Waals surface area contributed by atoms with E-state index in [4.69, 9.17) is 33.1 Å². The van der Waals surface area contributed by atoms with Crippen LogP contribution in [0, 0.1) is 30.6 Å². The number of Topliss-reactive ketones (excluding diaryl/α,β-unsaturated/α-hetero) is 1. The van der Waals surface area contributed by atoms with E-state index in [2.05, 4.69) is 28.2 Å². The minimum atomic E-state index is -2.04. The number of fused-ring (bicyclic) bond motifs is 2. The normalized spacial score (nSPS) is 29.0. The van der Waals surface area contributed by atoms with Gasteiger partial charge in [-0.15, -0.1) is 0 Å². The predicted molar refractivity (Wildman–Crippen MR) is 244 cm³/mol. The van der Waals surface area contributed by atoms with Crippen molar-refractivity contribution in [2.45, 2.75) is 85.6 Å². The third-order valence-electron chi connectivity index (χ3n) is 12.0. The number of ether oxygens (including phenoxy) is 5. The second kappa shape index (κ2) is 18.9. The predicted octanol–water partition coefficient (Wildman–Crippen LogP) is 6.66. The SMILES string of the molecule is CO[C@H]1/C=C/O[C@@]2(C)Oc3c(C)c(=O)c4c(O)c(c5oc6cc(OCCN(C)I)ccc6nc5c4c3C2=O)NC(=O)/C(C)=C\C=C\[C@H](C)[C@H](O)[C@@H](C)[C@@H](O)[C@@H](C)[C@H](OC(C)=O)[C@@H]1C. The third-order valence-corrected chi connectivity index (χ3v) is 12.5. The van der Waals surface area contributed by atoms with E-state index in [0.29, 0.717) is 24.4 Å². The molecule has 3 aromatic carbocycles. The van der Waals surface area contributed by atoms with Crippen LogP contribution in [-0.4, -0.2) is 98.6 Å². The topological polar surface area (TPSA) is 216 Å². The Morgan fingerprint density at radius 2 is 1.75 bits per heavy atom. The first-order valence-electron chi connectivity index (χ1n) is 20.6. The number of aromatic nitrogens is 1. The summed E-state index contributed by atoms with van der Waals surface area (Å²) in [7, 11) is 3.35. The highest BCUT2D eigenvalue weighted by Gasteiger charge is 2.49. The standard InChI is InChI=1S/C46H54IN3O13/c1-21-12-11-13-22(2)45(57)49-36-40(55)33-32(35-43(36)62-31-20-28(14-15-29(31)48-35)59-19-17-50(9)47)34-42(26(6)39(33)54)63-46(8,44(34)56)60-18-16-30(58-10)23(3)41(61-27(7)51)25(5)38(53)24(4)37(21)52/h11-16,18,20-21,23-25,30,37-38,41,52-53,55H,17,19H2,1-10H3,(H,49,57)/b12-11+,18-16+,22-13-/t21-,23+,24+,25+,30-,37-,38+,41+,46-/m0/s1. The lowest BCUT2D eigenvalue weighted by Gasteiger charge is -2.38. The van der Waals surface area contributed by atoms with Crippen molar-refractivity contribution in [2.24, 2.45) is 23.7 Å². The van der Waals surface area contributed by atoms with E-state index in [0.717, 1.165) is 0 Å². The van der Waals surface area contributed by atoms with Crippen molar-refractivity contribution in [1.29, 1.82) is 0 Å². The number of allylic oxidation sites excluding steroid dienone is 2. The molecular weight excluding hydrogens is 929 g/mol. The smallest absolute Gasteiger partial charge is 0.312 e. The lowest BCUT2D eigenvalue weighted by atomic mass is 9.78. The molecule has 2 aliphatic heterocycles. The molecule has 4 bridgehead atoms. The lowest BCUT2D eigenvalue weighted by Crippen LogP contribution is -2.46. The molecule has 0 aliphatic carbocycles. The van der Waals surface area contributed by atoms with Gasteiger partial charge < -0.3 is 48.7 Å². The highest BCUT2D eigenvalue weighted by Crippen LogP contribution is 2.48. The summed E-state index contributed by atoms with van der Waals surface area (Å²) in [4.78, 5) is 60.2. The number of rotatable bonds is 6. The van der Waals surface area contributed by atoms with E-state index in [1.807, 2.05) is 10.2 Å². The summed E-state index contributed by atoms with van der Waals surface area (Å²) >= 11 is 2.15. The summed E-state index contributed by atoms with van der Waals surface area (Å²) in [5, 5.41) is 37.4. The zero-order valence-electron chi connectivity index (χ0n) is 36.8. The summed E-state index contributed by atoms with van der Waals surface area (Å²) in [6.07, 6.45) is 3.59. The van der Waals surface area contributed by atoms with Crippen LogP contribution in [0.1, 0.15) is 64.4 Å². The number of anilines is 1. The summed E-state index contributed by atoms with van der Waals surface area (Å²) in [5.41, 5.74) is -0.540. The molecular formula is C46H54IN3O13. The van der Waals surface area contributed by atoms with E-state index < -0.39 is 82.7 Å². The molecule has 4 N–H and O–H groups in total. The van der Waals surface area contributed by atoms with Crippen LogP contribution in [0.15, 0.2) is 63.6 Å². The fourth-order valence-corrected chi connectivity index (χ4v) is 8.36. The van der Waals surface area contributed by atoms with Crippen molar-refractivity contribution in [1.82, 2.24) is 8.10 Å². The highest BCUT2D eigenvalue weighted by molar-refractivity contribution is 14.1. The van der Waals surface area contributed by atoms with Crippen LogP contribution in [0.5, 0.6) is 17.2 Å². The van der Waals surface area contributed by atoms with Crippen LogP contribution in [0.2, 0.25) is 0 Å². The fraction of sp³-hybridized carbons (Fsp3) is 0.457. The quantitative estimate of drug-likeness (QED) is 0.0397. The van der Waals surface area contributed by atoms with Crippen molar-refractivity contribution in [2.75, 3.05) is 32.6 Å². The van der Waals surface area contributed by atoms with E-state index in [1.165, 1.54) is 53.2 Å². The number of ketones is 1. The van der Waals surface area contributed by atoms with Gasteiger partial charge in [0.05, 0.1) is 35.5 Å². The Bertz CT molecular complexity index is 2600. The molecule has 0 saturated carbocycles. The number of amides is 1. The first-order chi connectivity index (χ1) is 29.7. The number of phenolic OH excluding ortho intramolecular Hbond substituents is 1. The second-order valence-corrected chi connectivity index (χ2v) is 18.2. The van der Waals surface area contributed by atoms with E-state index in [9.17, 15) is 34.5 Å². The summed E-state index contributed by atoms with van der Waals surface area (Å²) < 4.78 is 38.1. The van der Waals surface area contributed by atoms with Gasteiger partial charge in [0.2, 0.25) is 0 Å². The van der Waals surface area contributed by atoms with E-state index >= 15 is 0 Å². The monoisotopic (exact) mass is 983 g/mol. The van der Waals surface area contributed by atoms with Gasteiger partial charge in [0, 0.05) is 96.6 Å². The number of phenols is 1. The van der Waals surface area contributed by atoms with Gasteiger partial charge in [-0.25, -0.2) is 8.10 Å². The van der Waals surface area contributed by atoms with Gasteiger partial charge in [-0.1, -0.05) is 45.9 Å². The molecule has 3 heterocycles. The number of halogens is 1. The van der Waals surface area contributed by atoms with Crippen LogP contribution >= 0.6 is 22.9 Å². The molecule has 0 spiro atoms. The van der Waals surface area contributed by atoms with Crippen LogP contribution in [-0.2, 0) is 23.8 Å². The zero-order valence-corrected chi connectivity index (χ0v) is 39.0. The molecule has 338 valence electrons. The third kappa shape index (κ3) is 9.29. The van der Waals surface area contributed by atoms with Crippen molar-refractivity contribution in [3.05, 3.63) is 75.7 Å². The molecule has 0 fully saturated rings. The number of aromatic hydroxyl groups is 1. The van der Waals surface area contributed by atoms with Crippen LogP contribution in [0.4, 0.5) is 5.69 Å². The number of likely N-dealkylation sites (N-methyl/N-ethyl adjacent to an activating group) is 1. The summed E-state index contributed by atoms with van der Waals surface area (Å²) in [6, 6.07) is 4.96. The number of benzene rings is 3. The Morgan fingerprint density at radius 1 is 1.03 bits per heavy atom. The molecule has 16 nitrogen and oxygen atoms in total. The van der Waals surface area contributed by atoms with Gasteiger partial charge in [-0.2, -0.15) is 0 Å². The first kappa shape index (κ1) is 47.4. The first-order valence-corrected chi connectivity index (χ1v) is 21.6. The van der Waals surface area contributed by atoms with Gasteiger partial charge in [0.25, 0.3) is 11.7 Å². The molecule has 17 heteroatoms. The van der Waals surface area contributed by atoms with Gasteiger partial charge in [-0.05, 0) is 39.1 Å². The number of carbonyl (C=O) groups is 3. The number of aliphatic hydroxyl groups excluding tert-OH is 2. The van der Waals surface area contributed by atoms with Gasteiger partial charge in [0.15, 0.2) is 22.3 Å². The van der Waals surface area contributed by atoms with Gasteiger partial charge in [0.1, 0.15) is 40.9 Å². The van der Waals surface area contributed by atoms with Crippen LogP contribution in [0.25, 0.3) is 33.0 Å². The van der Waals surface area contributed by atoms with Crippen LogP contribution in [0.3, 0.4) is 0 Å². The molecule has 63 heavy (non-hydrogen) atoms. The van der Waals surface area contributed by atoms with Crippen molar-refractivity contribution in [3.63, 3.8) is 0 Å². The molecule has 9 atom stereocenters. The molecule has 6 rings (SSSR count). The molecule has 1 amide bonds. The van der Waals surface area contributed by atoms with E-state index in [1.54, 1.807) is 58.0 Å². The summed E-state index contributed by atoms with van der Waals surface area (Å²) in [6.45, 7) is 13.5. The molecule has 1 aromatic heterocycles. The Morgan fingerprint density at radius 3 is 2.41 bits per heavy atom. The molecule has 0 radical (unpaired) electrons. The molecule has 2 aliphatic rings. The second-order valence-electron chi connectivity index (χ2n) is 16.5. The van der Waals surface area contributed by atoms with Crippen molar-refractivity contribution < 1.29 is 57.8 Å². The number of hydrogen-bond donors (Lipinski definition) is 4. The van der Waals surface area contributed by atoms with Crippen LogP contribution < -0.4 is 20.2 Å². The van der Waals surface area contributed by atoms with Gasteiger partial charge in [-0.3, -0.25) is 19.2 Å². The maximum absolute atomic E-state index is 14.7. The van der Waals surface area contributed by atoms with Gasteiger partial charge >= 0.3 is 11.8 Å². The number of aliphatic hydroxyl groups is 2.